The number of nitrogens with one attached hydrogen (secondary N) is 1. The van der Waals surface area contributed by atoms with Crippen molar-refractivity contribution < 1.29 is 0 Å². The molecule has 5 aromatic carbocycles. The summed E-state index contributed by atoms with van der Waals surface area (Å²) < 4.78 is 0. The van der Waals surface area contributed by atoms with Gasteiger partial charge in [0.05, 0.1) is 0 Å². The Morgan fingerprint density at radius 2 is 1.07 bits per heavy atom. The van der Waals surface area contributed by atoms with E-state index in [0.717, 1.165) is 34.4 Å². The molecule has 5 heteroatoms. The van der Waals surface area contributed by atoms with E-state index in [9.17, 15) is 0 Å². The first kappa shape index (κ1) is 33.1. The van der Waals surface area contributed by atoms with Gasteiger partial charge in [-0.15, -0.1) is 0 Å². The molecule has 2 aliphatic rings. The molecule has 0 amide bonds. The van der Waals surface area contributed by atoms with Crippen LogP contribution in [-0.2, 0) is 0 Å². The maximum atomic E-state index is 4.95. The van der Waals surface area contributed by atoms with Crippen LogP contribution in [0.3, 0.4) is 0 Å². The summed E-state index contributed by atoms with van der Waals surface area (Å²) in [7, 11) is 0. The number of dihydropyridines is 1. The third-order valence-corrected chi connectivity index (χ3v) is 10.3. The summed E-state index contributed by atoms with van der Waals surface area (Å²) >= 11 is 0. The van der Waals surface area contributed by atoms with Crippen molar-refractivity contribution >= 4 is 5.57 Å². The molecular formula is C49H39N5. The molecule has 5 nitrogen and oxygen atoms in total. The Kier molecular flexibility index (Phi) is 9.26. The molecule has 1 aliphatic carbocycles. The van der Waals surface area contributed by atoms with Crippen LogP contribution in [0.5, 0.6) is 0 Å². The van der Waals surface area contributed by atoms with Crippen LogP contribution in [0.2, 0.25) is 0 Å². The van der Waals surface area contributed by atoms with Gasteiger partial charge in [0, 0.05) is 41.6 Å². The highest BCUT2D eigenvalue weighted by Gasteiger charge is 2.16. The average Bonchev–Trinajstić information content (AvgIpc) is 3.27. The van der Waals surface area contributed by atoms with E-state index in [4.69, 9.17) is 15.0 Å². The molecule has 2 aromatic heterocycles. The Labute approximate surface area is 316 Å². The monoisotopic (exact) mass is 697 g/mol. The lowest BCUT2D eigenvalue weighted by Gasteiger charge is -2.19. The molecule has 1 atom stereocenters. The van der Waals surface area contributed by atoms with E-state index in [1.54, 1.807) is 12.4 Å². The second-order valence-electron chi connectivity index (χ2n) is 13.9. The zero-order chi connectivity index (χ0) is 36.1. The van der Waals surface area contributed by atoms with Crippen LogP contribution in [0.15, 0.2) is 176 Å². The smallest absolute Gasteiger partial charge is 0.164 e. The molecule has 0 fully saturated rings. The summed E-state index contributed by atoms with van der Waals surface area (Å²) in [5, 5.41) is 3.21. The first-order valence-electron chi connectivity index (χ1n) is 18.7. The average molecular weight is 698 g/mol. The van der Waals surface area contributed by atoms with Gasteiger partial charge in [-0.2, -0.15) is 0 Å². The molecule has 9 rings (SSSR count). The number of nitrogens with zero attached hydrogens (tertiary/aromatic N) is 4. The molecule has 0 saturated heterocycles. The minimum absolute atomic E-state index is 0.460. The maximum Gasteiger partial charge on any atom is 0.164 e. The molecule has 0 bridgehead atoms. The minimum atomic E-state index is 0.460. The molecular weight excluding hydrogens is 659 g/mol. The van der Waals surface area contributed by atoms with Crippen molar-refractivity contribution in [1.29, 1.82) is 0 Å². The van der Waals surface area contributed by atoms with E-state index >= 15 is 0 Å². The predicted molar refractivity (Wildman–Crippen MR) is 221 cm³/mol. The molecule has 0 radical (unpaired) electrons. The summed E-state index contributed by atoms with van der Waals surface area (Å²) in [6.07, 6.45) is 17.9. The highest BCUT2D eigenvalue weighted by atomic mass is 15.0. The largest absolute Gasteiger partial charge is 0.387 e. The Morgan fingerprint density at radius 3 is 1.74 bits per heavy atom. The molecule has 7 aromatic rings. The maximum absolute atomic E-state index is 4.95. The molecule has 0 spiro atoms. The molecule has 1 N–H and O–H groups in total. The lowest BCUT2D eigenvalue weighted by Crippen LogP contribution is -2.10. The molecule has 1 aliphatic heterocycles. The van der Waals surface area contributed by atoms with E-state index in [1.807, 2.05) is 24.4 Å². The standard InChI is InChI=1S/C49H39N5/c1-3-9-34(10-4-1)44-31-45(35-11-5-2-6-12-35)33-46(32-44)37-19-17-36(18-20-37)40-13-7-14-41(29-40)42-15-8-16-43(30-42)49-53-47(38-21-25-50-26-22-38)52-48(54-49)39-23-27-51-28-24-39/h1,3-5,7-11,13-27,29-33,35,51H,2,6,12,28H2. The molecule has 0 saturated carbocycles. The van der Waals surface area contributed by atoms with Crippen molar-refractivity contribution in [2.75, 3.05) is 6.54 Å². The van der Waals surface area contributed by atoms with E-state index in [1.165, 1.54) is 58.2 Å². The summed E-state index contributed by atoms with van der Waals surface area (Å²) in [4.78, 5) is 18.9. The van der Waals surface area contributed by atoms with Crippen LogP contribution in [0.1, 0.15) is 36.6 Å². The Morgan fingerprint density at radius 1 is 0.500 bits per heavy atom. The fraction of sp³-hybridized carbons (Fsp3) is 0.102. The Bertz CT molecular complexity index is 2520. The van der Waals surface area contributed by atoms with E-state index in [0.29, 0.717) is 23.4 Å². The van der Waals surface area contributed by atoms with Gasteiger partial charge in [-0.05, 0) is 112 Å². The van der Waals surface area contributed by atoms with Crippen LogP contribution in [-0.4, -0.2) is 26.5 Å². The van der Waals surface area contributed by atoms with Crippen molar-refractivity contribution in [1.82, 2.24) is 25.3 Å². The van der Waals surface area contributed by atoms with E-state index in [2.05, 4.69) is 150 Å². The number of hydrogen-bond donors (Lipinski definition) is 1. The van der Waals surface area contributed by atoms with Gasteiger partial charge in [0.15, 0.2) is 17.5 Å². The lowest BCUT2D eigenvalue weighted by atomic mass is 9.85. The van der Waals surface area contributed by atoms with Crippen LogP contribution in [0.4, 0.5) is 0 Å². The van der Waals surface area contributed by atoms with Crippen LogP contribution >= 0.6 is 0 Å². The summed E-state index contributed by atoms with van der Waals surface area (Å²) in [5.41, 5.74) is 13.8. The quantitative estimate of drug-likeness (QED) is 0.160. The van der Waals surface area contributed by atoms with Crippen molar-refractivity contribution in [2.45, 2.75) is 25.2 Å². The molecule has 1 unspecified atom stereocenters. The second kappa shape index (κ2) is 15.1. The topological polar surface area (TPSA) is 63.6 Å². The number of benzene rings is 5. The minimum Gasteiger partial charge on any atom is -0.387 e. The predicted octanol–water partition coefficient (Wildman–Crippen LogP) is 11.6. The molecule has 3 heterocycles. The SMILES string of the molecule is C1=CC(c2cc(-c3ccccc3)cc(-c3ccc(-c4cccc(-c5cccc(-c6nc(C7=CCNC=C7)nc(-c7ccncc7)n6)c5)c4)cc3)c2)CCC1. The normalized spacial score (nSPS) is 15.0. The van der Waals surface area contributed by atoms with Crippen molar-refractivity contribution in [3.8, 4) is 67.3 Å². The fourth-order valence-corrected chi connectivity index (χ4v) is 7.37. The Hall–Kier alpha value is -6.72. The van der Waals surface area contributed by atoms with Crippen LogP contribution in [0, 0.1) is 0 Å². The first-order chi connectivity index (χ1) is 26.7. The van der Waals surface area contributed by atoms with Crippen molar-refractivity contribution in [3.63, 3.8) is 0 Å². The van der Waals surface area contributed by atoms with Gasteiger partial charge in [0.2, 0.25) is 0 Å². The summed E-state index contributed by atoms with van der Waals surface area (Å²) in [6, 6.07) is 47.9. The van der Waals surface area contributed by atoms with Crippen molar-refractivity contribution in [3.05, 3.63) is 188 Å². The zero-order valence-corrected chi connectivity index (χ0v) is 29.9. The third kappa shape index (κ3) is 7.17. The number of pyridine rings is 1. The summed E-state index contributed by atoms with van der Waals surface area (Å²) in [6.45, 7) is 0.729. The van der Waals surface area contributed by atoms with Gasteiger partial charge in [0.1, 0.15) is 0 Å². The highest BCUT2D eigenvalue weighted by molar-refractivity contribution is 5.80. The lowest BCUT2D eigenvalue weighted by molar-refractivity contribution is 0.655. The molecule has 54 heavy (non-hydrogen) atoms. The van der Waals surface area contributed by atoms with E-state index in [-0.39, 0.29) is 0 Å². The van der Waals surface area contributed by atoms with Crippen molar-refractivity contribution in [2.24, 2.45) is 0 Å². The first-order valence-corrected chi connectivity index (χ1v) is 18.7. The fourth-order valence-electron chi connectivity index (χ4n) is 7.37. The third-order valence-electron chi connectivity index (χ3n) is 10.3. The van der Waals surface area contributed by atoms with Gasteiger partial charge in [-0.1, -0.05) is 121 Å². The van der Waals surface area contributed by atoms with Crippen LogP contribution in [0.25, 0.3) is 72.9 Å². The van der Waals surface area contributed by atoms with E-state index < -0.39 is 0 Å². The summed E-state index contributed by atoms with van der Waals surface area (Å²) in [5.74, 6) is 2.36. The highest BCUT2D eigenvalue weighted by Crippen LogP contribution is 2.36. The van der Waals surface area contributed by atoms with Gasteiger partial charge < -0.3 is 5.32 Å². The van der Waals surface area contributed by atoms with Gasteiger partial charge in [-0.3, -0.25) is 4.98 Å². The number of rotatable bonds is 8. The number of aromatic nitrogens is 4. The van der Waals surface area contributed by atoms with Gasteiger partial charge in [0.25, 0.3) is 0 Å². The Balaban J connectivity index is 1.03. The number of hydrogen-bond acceptors (Lipinski definition) is 5. The van der Waals surface area contributed by atoms with Crippen LogP contribution < -0.4 is 5.32 Å². The number of allylic oxidation sites excluding steroid dienone is 4. The van der Waals surface area contributed by atoms with Gasteiger partial charge >= 0.3 is 0 Å². The zero-order valence-electron chi connectivity index (χ0n) is 29.9. The molecule has 260 valence electrons. The second-order valence-corrected chi connectivity index (χ2v) is 13.9. The van der Waals surface area contributed by atoms with Gasteiger partial charge in [-0.25, -0.2) is 15.0 Å².